The summed E-state index contributed by atoms with van der Waals surface area (Å²) in [4.78, 5) is 4.09. The van der Waals surface area contributed by atoms with Gasteiger partial charge in [0.15, 0.2) is 0 Å². The fourth-order valence-corrected chi connectivity index (χ4v) is 1.11. The highest BCUT2D eigenvalue weighted by Crippen LogP contribution is 2.15. The van der Waals surface area contributed by atoms with Gasteiger partial charge in [0.05, 0.1) is 12.1 Å². The van der Waals surface area contributed by atoms with E-state index >= 15 is 0 Å². The number of aliphatic hydroxyl groups is 1. The Bertz CT molecular complexity index is 260. The molecule has 0 saturated heterocycles. The SMILES string of the molecule is Cc1ncccc1[C@@H](N)[C@@H](C)O. The number of aryl methyl sites for hydroxylation is 1. The predicted molar refractivity (Wildman–Crippen MR) is 47.6 cm³/mol. The molecule has 1 rings (SSSR count). The number of aromatic nitrogens is 1. The van der Waals surface area contributed by atoms with Crippen LogP contribution in [0.25, 0.3) is 0 Å². The molecule has 0 radical (unpaired) electrons. The Balaban J connectivity index is 2.94. The lowest BCUT2D eigenvalue weighted by Crippen LogP contribution is -2.24. The molecule has 0 fully saturated rings. The van der Waals surface area contributed by atoms with E-state index in [0.717, 1.165) is 11.3 Å². The minimum atomic E-state index is -0.534. The largest absolute Gasteiger partial charge is 0.391 e. The number of pyridine rings is 1. The standard InChI is InChI=1S/C9H14N2O/c1-6-8(4-3-5-11-6)9(10)7(2)12/h3-5,7,9,12H,10H2,1-2H3/t7-,9+/m1/s1. The summed E-state index contributed by atoms with van der Waals surface area (Å²) in [6.45, 7) is 3.56. The molecule has 3 heteroatoms. The van der Waals surface area contributed by atoms with E-state index in [4.69, 9.17) is 5.73 Å². The van der Waals surface area contributed by atoms with E-state index in [1.165, 1.54) is 0 Å². The maximum atomic E-state index is 9.25. The average molecular weight is 166 g/mol. The highest BCUT2D eigenvalue weighted by Gasteiger charge is 2.13. The molecule has 0 amide bonds. The summed E-state index contributed by atoms with van der Waals surface area (Å²) < 4.78 is 0. The Morgan fingerprint density at radius 2 is 2.25 bits per heavy atom. The first-order valence-corrected chi connectivity index (χ1v) is 3.98. The van der Waals surface area contributed by atoms with Crippen LogP contribution in [-0.2, 0) is 0 Å². The van der Waals surface area contributed by atoms with Crippen molar-refractivity contribution in [1.82, 2.24) is 4.98 Å². The first-order valence-electron chi connectivity index (χ1n) is 3.98. The third kappa shape index (κ3) is 1.81. The van der Waals surface area contributed by atoms with E-state index in [1.54, 1.807) is 13.1 Å². The quantitative estimate of drug-likeness (QED) is 0.682. The Morgan fingerprint density at radius 3 is 2.75 bits per heavy atom. The molecular formula is C9H14N2O. The van der Waals surface area contributed by atoms with Gasteiger partial charge in [-0.05, 0) is 25.5 Å². The van der Waals surface area contributed by atoms with Crippen LogP contribution in [0.2, 0.25) is 0 Å². The van der Waals surface area contributed by atoms with Crippen LogP contribution >= 0.6 is 0 Å². The monoisotopic (exact) mass is 166 g/mol. The molecule has 3 nitrogen and oxygen atoms in total. The van der Waals surface area contributed by atoms with Gasteiger partial charge in [-0.1, -0.05) is 6.07 Å². The molecule has 0 spiro atoms. The second-order valence-corrected chi connectivity index (χ2v) is 2.94. The van der Waals surface area contributed by atoms with Crippen LogP contribution in [0.1, 0.15) is 24.2 Å². The van der Waals surface area contributed by atoms with Crippen LogP contribution in [0.4, 0.5) is 0 Å². The second kappa shape index (κ2) is 3.65. The molecule has 2 atom stereocenters. The molecule has 0 aliphatic carbocycles. The van der Waals surface area contributed by atoms with Gasteiger partial charge in [0.2, 0.25) is 0 Å². The summed E-state index contributed by atoms with van der Waals surface area (Å²) in [5.74, 6) is 0. The fourth-order valence-electron chi connectivity index (χ4n) is 1.11. The summed E-state index contributed by atoms with van der Waals surface area (Å²) in [6.07, 6.45) is 1.18. The fraction of sp³-hybridized carbons (Fsp3) is 0.444. The smallest absolute Gasteiger partial charge is 0.0705 e. The average Bonchev–Trinajstić information content (AvgIpc) is 2.04. The minimum Gasteiger partial charge on any atom is -0.391 e. The maximum absolute atomic E-state index is 9.25. The van der Waals surface area contributed by atoms with E-state index in [2.05, 4.69) is 4.98 Å². The number of nitrogens with two attached hydrogens (primary N) is 1. The van der Waals surface area contributed by atoms with Crippen molar-refractivity contribution in [2.24, 2.45) is 5.73 Å². The Morgan fingerprint density at radius 1 is 1.58 bits per heavy atom. The van der Waals surface area contributed by atoms with Crippen LogP contribution in [0.5, 0.6) is 0 Å². The van der Waals surface area contributed by atoms with E-state index < -0.39 is 6.10 Å². The van der Waals surface area contributed by atoms with E-state index in [1.807, 2.05) is 19.1 Å². The zero-order chi connectivity index (χ0) is 9.14. The normalized spacial score (nSPS) is 15.7. The lowest BCUT2D eigenvalue weighted by molar-refractivity contribution is 0.164. The van der Waals surface area contributed by atoms with Gasteiger partial charge < -0.3 is 10.8 Å². The third-order valence-corrected chi connectivity index (χ3v) is 1.93. The highest BCUT2D eigenvalue weighted by molar-refractivity contribution is 5.22. The summed E-state index contributed by atoms with van der Waals surface area (Å²) in [5.41, 5.74) is 7.54. The van der Waals surface area contributed by atoms with E-state index in [0.29, 0.717) is 0 Å². The van der Waals surface area contributed by atoms with Crippen molar-refractivity contribution in [3.05, 3.63) is 29.6 Å². The zero-order valence-electron chi connectivity index (χ0n) is 7.36. The molecule has 0 aromatic carbocycles. The first-order chi connectivity index (χ1) is 5.63. The van der Waals surface area contributed by atoms with Crippen molar-refractivity contribution in [1.29, 1.82) is 0 Å². The van der Waals surface area contributed by atoms with Crippen LogP contribution < -0.4 is 5.73 Å². The molecule has 12 heavy (non-hydrogen) atoms. The first kappa shape index (κ1) is 9.16. The number of hydrogen-bond donors (Lipinski definition) is 2. The molecule has 1 aromatic rings. The van der Waals surface area contributed by atoms with Gasteiger partial charge in [0.25, 0.3) is 0 Å². The van der Waals surface area contributed by atoms with Gasteiger partial charge in [-0.15, -0.1) is 0 Å². The van der Waals surface area contributed by atoms with Gasteiger partial charge in [0, 0.05) is 11.9 Å². The van der Waals surface area contributed by atoms with Crippen molar-refractivity contribution in [2.75, 3.05) is 0 Å². The number of nitrogens with zero attached hydrogens (tertiary/aromatic N) is 1. The molecule has 0 unspecified atom stereocenters. The second-order valence-electron chi connectivity index (χ2n) is 2.94. The third-order valence-electron chi connectivity index (χ3n) is 1.93. The van der Waals surface area contributed by atoms with Gasteiger partial charge >= 0.3 is 0 Å². The predicted octanol–water partition coefficient (Wildman–Crippen LogP) is 0.771. The lowest BCUT2D eigenvalue weighted by Gasteiger charge is -2.16. The number of rotatable bonds is 2. The van der Waals surface area contributed by atoms with Crippen molar-refractivity contribution < 1.29 is 5.11 Å². The van der Waals surface area contributed by atoms with E-state index in [-0.39, 0.29) is 6.04 Å². The van der Waals surface area contributed by atoms with Crippen molar-refractivity contribution in [3.8, 4) is 0 Å². The minimum absolute atomic E-state index is 0.335. The lowest BCUT2D eigenvalue weighted by atomic mass is 10.0. The number of aliphatic hydroxyl groups excluding tert-OH is 1. The van der Waals surface area contributed by atoms with Crippen molar-refractivity contribution >= 4 is 0 Å². The number of hydrogen-bond acceptors (Lipinski definition) is 3. The maximum Gasteiger partial charge on any atom is 0.0705 e. The topological polar surface area (TPSA) is 59.1 Å². The van der Waals surface area contributed by atoms with Crippen LogP contribution in [0.3, 0.4) is 0 Å². The Hall–Kier alpha value is -0.930. The zero-order valence-corrected chi connectivity index (χ0v) is 7.36. The molecule has 0 saturated carbocycles. The van der Waals surface area contributed by atoms with Crippen LogP contribution in [0.15, 0.2) is 18.3 Å². The highest BCUT2D eigenvalue weighted by atomic mass is 16.3. The summed E-state index contributed by atoms with van der Waals surface area (Å²) in [5, 5.41) is 9.25. The summed E-state index contributed by atoms with van der Waals surface area (Å²) in [6, 6.07) is 3.38. The summed E-state index contributed by atoms with van der Waals surface area (Å²) >= 11 is 0. The van der Waals surface area contributed by atoms with Crippen LogP contribution in [0, 0.1) is 6.92 Å². The Labute approximate surface area is 72.2 Å². The van der Waals surface area contributed by atoms with Gasteiger partial charge in [-0.2, -0.15) is 0 Å². The molecule has 0 bridgehead atoms. The van der Waals surface area contributed by atoms with Crippen molar-refractivity contribution in [2.45, 2.75) is 26.0 Å². The summed E-state index contributed by atoms with van der Waals surface area (Å²) in [7, 11) is 0. The van der Waals surface area contributed by atoms with Crippen LogP contribution in [-0.4, -0.2) is 16.2 Å². The van der Waals surface area contributed by atoms with Gasteiger partial charge in [-0.3, -0.25) is 4.98 Å². The molecular weight excluding hydrogens is 152 g/mol. The molecule has 66 valence electrons. The molecule has 1 heterocycles. The molecule has 0 aliphatic heterocycles. The molecule has 3 N–H and O–H groups in total. The van der Waals surface area contributed by atoms with Gasteiger partial charge in [0.1, 0.15) is 0 Å². The Kier molecular flexibility index (Phi) is 2.78. The molecule has 1 aromatic heterocycles. The van der Waals surface area contributed by atoms with E-state index in [9.17, 15) is 5.11 Å². The van der Waals surface area contributed by atoms with Crippen molar-refractivity contribution in [3.63, 3.8) is 0 Å². The molecule has 0 aliphatic rings. The van der Waals surface area contributed by atoms with Gasteiger partial charge in [-0.25, -0.2) is 0 Å².